The summed E-state index contributed by atoms with van der Waals surface area (Å²) in [5.41, 5.74) is 7.34. The van der Waals surface area contributed by atoms with Crippen molar-refractivity contribution in [1.82, 2.24) is 0 Å². The molecule has 2 amide bonds. The van der Waals surface area contributed by atoms with Gasteiger partial charge in [0.1, 0.15) is 0 Å². The molecule has 0 aliphatic carbocycles. The van der Waals surface area contributed by atoms with Crippen LogP contribution in [0.15, 0.2) is 320 Å². The van der Waals surface area contributed by atoms with Crippen LogP contribution in [0.3, 0.4) is 0 Å². The first-order valence-electron chi connectivity index (χ1n) is 27.6. The zero-order valence-electron chi connectivity index (χ0n) is 46.8. The summed E-state index contributed by atoms with van der Waals surface area (Å²) in [4.78, 5) is 37.6. The molecule has 6 nitrogen and oxygen atoms in total. The zero-order chi connectivity index (χ0) is 59.4. The van der Waals surface area contributed by atoms with Gasteiger partial charge in [-0.1, -0.05) is 146 Å². The van der Waals surface area contributed by atoms with E-state index in [4.69, 9.17) is 34.4 Å². The summed E-state index contributed by atoms with van der Waals surface area (Å²) in [6, 6.07) is 106. The van der Waals surface area contributed by atoms with Gasteiger partial charge in [-0.15, -0.1) is 23.2 Å². The Morgan fingerprint density at radius 2 is 0.647 bits per heavy atom. The molecule has 0 bridgehead atoms. The van der Waals surface area contributed by atoms with Crippen molar-refractivity contribution in [3.8, 4) is 0 Å². The minimum Gasteiger partial charge on any atom is -0.211 e. The second-order valence-electron chi connectivity index (χ2n) is 19.6. The van der Waals surface area contributed by atoms with Crippen LogP contribution >= 0.6 is 48.3 Å². The third-order valence-corrected chi connectivity index (χ3v) is 24.0. The van der Waals surface area contributed by atoms with Gasteiger partial charge in [-0.2, -0.15) is 4.99 Å². The summed E-state index contributed by atoms with van der Waals surface area (Å²) in [7, 11) is -0.446. The van der Waals surface area contributed by atoms with Crippen LogP contribution in [0.4, 0.5) is 17.1 Å². The Kier molecular flexibility index (Phi) is 23.9. The maximum atomic E-state index is 12.6. The van der Waals surface area contributed by atoms with E-state index in [1.54, 1.807) is 12.1 Å². The predicted octanol–water partition coefficient (Wildman–Crippen LogP) is 16.5. The smallest absolute Gasteiger partial charge is 0.211 e. The molecule has 0 aromatic heterocycles. The quantitative estimate of drug-likeness (QED) is 0.0412. The van der Waals surface area contributed by atoms with Gasteiger partial charge in [0.15, 0.2) is 0 Å². The molecule has 0 saturated heterocycles. The van der Waals surface area contributed by atoms with Crippen molar-refractivity contribution >= 4 is 115 Å². The summed E-state index contributed by atoms with van der Waals surface area (Å²) in [5.74, 6) is -2.49. The first-order valence-corrected chi connectivity index (χ1v) is 33.4. The fourth-order valence-corrected chi connectivity index (χ4v) is 18.3. The summed E-state index contributed by atoms with van der Waals surface area (Å²) in [6.45, 7) is 0. The monoisotopic (exact) mass is 1210 g/mol. The van der Waals surface area contributed by atoms with Crippen LogP contribution in [0.25, 0.3) is 0 Å². The average molecular weight is 1210 g/mol. The zero-order valence-corrected chi connectivity index (χ0v) is 50.8. The number of nitrogens with one attached hydrogen (secondary N) is 2. The summed E-state index contributed by atoms with van der Waals surface area (Å²) in [6.07, 6.45) is 2.85. The van der Waals surface area contributed by atoms with Crippen LogP contribution in [-0.2, 0) is 45.1 Å². The average Bonchev–Trinajstić information content (AvgIpc) is 0.900. The van der Waals surface area contributed by atoms with E-state index in [9.17, 15) is 14.4 Å². The Morgan fingerprint density at radius 1 is 0.365 bits per heavy atom. The standard InChI is InChI=1S/C33H29ClNOP.C18H15P.C15H14ClNO.C8H6ClNO/c34-37(30-15-7-2-8-16-30,31-17-9-3-10-18-31,32-19-11-4-12-20-32)26-28-21-23-29(24-22-28)35-33(36)25-27-13-5-1-6-14-27;1-4-10-16(11-5-1)19(17-12-6-2-7-13-17)18-14-8-3-9-15-18;16-11-13-6-8-14(9-7-13)17-15(18)10-12-4-2-1-3-5-12;9-5-7-1-3-8(4-2-7)10-6-11/h1-24H,25-26H2,(H,35,36);1-15H;1-9H,10-11H2,(H,17,18);1-4H,5H2. The predicted molar refractivity (Wildman–Crippen MR) is 364 cm³/mol. The van der Waals surface area contributed by atoms with Gasteiger partial charge in [-0.3, -0.25) is 4.79 Å². The normalized spacial score (nSPS) is 11.0. The van der Waals surface area contributed by atoms with E-state index in [-0.39, 0.29) is 11.8 Å². The van der Waals surface area contributed by atoms with Gasteiger partial charge in [-0.25, -0.2) is 4.79 Å². The number of carbonyl (C=O) groups excluding carboxylic acids is 3. The van der Waals surface area contributed by atoms with E-state index < -0.39 is 13.9 Å². The second kappa shape index (κ2) is 32.5. The topological polar surface area (TPSA) is 87.6 Å². The molecular formula is C74H64Cl3N3O3P2. The molecule has 0 aliphatic heterocycles. The Balaban J connectivity index is 0.000000164. The minimum absolute atomic E-state index is 0.0141. The van der Waals surface area contributed by atoms with Crippen molar-refractivity contribution < 1.29 is 14.4 Å². The molecule has 0 fully saturated rings. The number of carbonyl (C=O) groups is 2. The Hall–Kier alpha value is -8.53. The Bertz CT molecular complexity index is 3610. The number of alkyl halides is 2. The molecule has 0 unspecified atom stereocenters. The maximum Gasteiger partial charge on any atom is 0.240 e. The van der Waals surface area contributed by atoms with Crippen LogP contribution < -0.4 is 42.5 Å². The van der Waals surface area contributed by atoms with Gasteiger partial charge in [0.2, 0.25) is 12.0 Å². The van der Waals surface area contributed by atoms with Gasteiger partial charge in [0.25, 0.3) is 0 Å². The van der Waals surface area contributed by atoms with Crippen LogP contribution in [0.5, 0.6) is 0 Å². The van der Waals surface area contributed by atoms with E-state index in [0.29, 0.717) is 36.5 Å². The second-order valence-corrected chi connectivity index (χ2v) is 28.9. The molecule has 11 rings (SSSR count). The van der Waals surface area contributed by atoms with Crippen molar-refractivity contribution in [3.05, 3.63) is 343 Å². The number of benzene rings is 11. The summed E-state index contributed by atoms with van der Waals surface area (Å²) in [5, 5.41) is 13.5. The molecule has 0 spiro atoms. The van der Waals surface area contributed by atoms with E-state index in [1.165, 1.54) is 22.0 Å². The molecule has 2 N–H and O–H groups in total. The Morgan fingerprint density at radius 3 is 0.953 bits per heavy atom. The van der Waals surface area contributed by atoms with Gasteiger partial charge in [-0.05, 0) is 64.8 Å². The molecule has 0 aliphatic rings. The van der Waals surface area contributed by atoms with Crippen molar-refractivity contribution in [3.63, 3.8) is 0 Å². The molecule has 0 atom stereocenters. The number of rotatable bonds is 17. The van der Waals surface area contributed by atoms with Crippen molar-refractivity contribution in [2.45, 2.75) is 30.8 Å². The van der Waals surface area contributed by atoms with Gasteiger partial charge >= 0.3 is 224 Å². The van der Waals surface area contributed by atoms with Crippen molar-refractivity contribution in [1.29, 1.82) is 0 Å². The maximum absolute atomic E-state index is 12.6. The fraction of sp³-hybridized carbons (Fsp3) is 0.0676. The van der Waals surface area contributed by atoms with Gasteiger partial charge in [0, 0.05) is 17.4 Å². The molecule has 0 radical (unpaired) electrons. The number of amides is 2. The Labute approximate surface area is 515 Å². The third kappa shape index (κ3) is 18.0. The van der Waals surface area contributed by atoms with Crippen LogP contribution in [-0.4, -0.2) is 17.9 Å². The molecule has 11 aromatic carbocycles. The van der Waals surface area contributed by atoms with Crippen molar-refractivity contribution in [2.24, 2.45) is 4.99 Å². The number of hydrogen-bond donors (Lipinski definition) is 2. The van der Waals surface area contributed by atoms with Crippen LogP contribution in [0, 0.1) is 0 Å². The summed E-state index contributed by atoms with van der Waals surface area (Å²) < 4.78 is 0. The number of halogens is 3. The summed E-state index contributed by atoms with van der Waals surface area (Å²) >= 11 is 19.4. The van der Waals surface area contributed by atoms with Gasteiger partial charge < -0.3 is 5.32 Å². The van der Waals surface area contributed by atoms with E-state index in [1.807, 2.05) is 127 Å². The SMILES string of the molecule is O=C(Cc1ccccc1)Nc1ccc(CCl)cc1.O=C(Cc1ccccc1)Nc1ccc(CP(Cl)(c2ccccc2)(c2ccccc2)c2ccccc2)cc1.O=C=Nc1ccc(CCl)cc1.c1ccc(P(c2ccccc2)c2ccccc2)cc1. The molecule has 11 heteroatoms. The number of isocyanates is 1. The number of anilines is 2. The van der Waals surface area contributed by atoms with Crippen LogP contribution in [0.2, 0.25) is 0 Å². The van der Waals surface area contributed by atoms with Crippen LogP contribution in [0.1, 0.15) is 27.8 Å². The van der Waals surface area contributed by atoms with E-state index >= 15 is 0 Å². The molecule has 0 heterocycles. The molecule has 85 heavy (non-hydrogen) atoms. The number of hydrogen-bond acceptors (Lipinski definition) is 4. The number of nitrogens with zero attached hydrogens (tertiary/aromatic N) is 1. The minimum atomic E-state index is -3.40. The third-order valence-electron chi connectivity index (χ3n) is 13.7. The van der Waals surface area contributed by atoms with Gasteiger partial charge in [0.05, 0.1) is 12.1 Å². The fourth-order valence-electron chi connectivity index (χ4n) is 9.51. The van der Waals surface area contributed by atoms with Crippen molar-refractivity contribution in [2.75, 3.05) is 10.6 Å². The molecule has 424 valence electrons. The molecule has 11 aromatic rings. The first kappa shape index (κ1) is 62.5. The largest absolute Gasteiger partial charge is 0.240 e. The van der Waals surface area contributed by atoms with E-state index in [0.717, 1.165) is 55.1 Å². The first-order chi connectivity index (χ1) is 41.6. The molecule has 0 saturated carbocycles. The molecular weight excluding hydrogens is 1150 g/mol. The number of aliphatic imine (C=N–C) groups is 1. The van der Waals surface area contributed by atoms with E-state index in [2.05, 4.69) is 192 Å².